The van der Waals surface area contributed by atoms with Crippen molar-refractivity contribution in [3.8, 4) is 22.6 Å². The van der Waals surface area contributed by atoms with Gasteiger partial charge in [0.2, 0.25) is 0 Å². The molecule has 0 saturated heterocycles. The number of hydrogen-bond acceptors (Lipinski definition) is 3. The number of benzene rings is 3. The molecular weight excluding hydrogens is 368 g/mol. The molecule has 150 valence electrons. The summed E-state index contributed by atoms with van der Waals surface area (Å²) < 4.78 is 0. The van der Waals surface area contributed by atoms with Crippen LogP contribution >= 0.6 is 0 Å². The molecule has 0 atom stereocenters. The molecule has 4 aromatic rings. The Morgan fingerprint density at radius 2 is 1.90 bits per heavy atom. The van der Waals surface area contributed by atoms with Gasteiger partial charge in [0, 0.05) is 23.5 Å². The molecule has 1 aliphatic heterocycles. The van der Waals surface area contributed by atoms with Crippen LogP contribution in [-0.2, 0) is 19.4 Å². The summed E-state index contributed by atoms with van der Waals surface area (Å²) in [5, 5.41) is 7.12. The lowest BCUT2D eigenvalue weighted by atomic mass is 9.98. The van der Waals surface area contributed by atoms with Gasteiger partial charge in [0.25, 0.3) is 0 Å². The van der Waals surface area contributed by atoms with E-state index in [0.717, 1.165) is 54.3 Å². The largest absolute Gasteiger partial charge is 0.355 e. The van der Waals surface area contributed by atoms with Crippen LogP contribution in [0.5, 0.6) is 0 Å². The molecule has 0 spiro atoms. The summed E-state index contributed by atoms with van der Waals surface area (Å²) in [7, 11) is 0. The van der Waals surface area contributed by atoms with Gasteiger partial charge in [-0.15, -0.1) is 0 Å². The first-order valence-electron chi connectivity index (χ1n) is 10.6. The Bertz CT molecular complexity index is 1160. The number of hydrogen-bond donors (Lipinski definition) is 3. The van der Waals surface area contributed by atoms with Crippen molar-refractivity contribution < 1.29 is 0 Å². The number of aromatic nitrogens is 2. The second-order valence-corrected chi connectivity index (χ2v) is 7.73. The highest BCUT2D eigenvalue weighted by Gasteiger charge is 2.14. The third kappa shape index (κ3) is 3.62. The molecule has 5 rings (SSSR count). The van der Waals surface area contributed by atoms with Crippen LogP contribution in [0.1, 0.15) is 23.6 Å². The van der Waals surface area contributed by atoms with E-state index in [1.807, 2.05) is 24.4 Å². The summed E-state index contributed by atoms with van der Waals surface area (Å²) in [6, 6.07) is 23.5. The van der Waals surface area contributed by atoms with E-state index in [2.05, 4.69) is 71.1 Å². The first kappa shape index (κ1) is 18.6. The van der Waals surface area contributed by atoms with Crippen molar-refractivity contribution in [2.24, 2.45) is 0 Å². The predicted octanol–water partition coefficient (Wildman–Crippen LogP) is 5.70. The topological polar surface area (TPSA) is 52.7 Å². The number of nitrogens with one attached hydrogen (secondary N) is 3. The molecule has 4 nitrogen and oxygen atoms in total. The Morgan fingerprint density at radius 3 is 2.77 bits per heavy atom. The molecule has 0 saturated carbocycles. The molecule has 1 aromatic heterocycles. The summed E-state index contributed by atoms with van der Waals surface area (Å²) in [6.45, 7) is 4.16. The van der Waals surface area contributed by atoms with E-state index in [9.17, 15) is 0 Å². The second-order valence-electron chi connectivity index (χ2n) is 7.73. The molecule has 2 heterocycles. The van der Waals surface area contributed by atoms with Crippen LogP contribution in [0.25, 0.3) is 22.6 Å². The minimum atomic E-state index is 0.911. The van der Waals surface area contributed by atoms with E-state index in [1.165, 1.54) is 22.4 Å². The Hall–Kier alpha value is -3.37. The van der Waals surface area contributed by atoms with Crippen LogP contribution in [0.15, 0.2) is 72.9 Å². The SMILES string of the molecule is CCc1ccc(Nc2cccc3c2CCNC3)cc1-c1ncc(-c2ccccc2)[nH]1. The number of fused-ring (bicyclic) bond motifs is 1. The second kappa shape index (κ2) is 8.17. The lowest BCUT2D eigenvalue weighted by Gasteiger charge is -2.21. The summed E-state index contributed by atoms with van der Waals surface area (Å²) in [5.41, 5.74) is 9.71. The first-order chi connectivity index (χ1) is 14.8. The maximum absolute atomic E-state index is 4.70. The maximum Gasteiger partial charge on any atom is 0.138 e. The van der Waals surface area contributed by atoms with Crippen molar-refractivity contribution in [2.75, 3.05) is 11.9 Å². The van der Waals surface area contributed by atoms with Crippen LogP contribution in [0, 0.1) is 0 Å². The zero-order valence-electron chi connectivity index (χ0n) is 17.2. The van der Waals surface area contributed by atoms with Gasteiger partial charge in [-0.2, -0.15) is 0 Å². The molecule has 1 aliphatic rings. The van der Waals surface area contributed by atoms with Gasteiger partial charge in [-0.3, -0.25) is 0 Å². The lowest BCUT2D eigenvalue weighted by molar-refractivity contribution is 0.645. The number of aryl methyl sites for hydroxylation is 1. The molecule has 3 aromatic carbocycles. The quantitative estimate of drug-likeness (QED) is 0.407. The summed E-state index contributed by atoms with van der Waals surface area (Å²) in [4.78, 5) is 8.21. The summed E-state index contributed by atoms with van der Waals surface area (Å²) in [5.74, 6) is 0.911. The van der Waals surface area contributed by atoms with Crippen molar-refractivity contribution in [3.63, 3.8) is 0 Å². The normalized spacial score (nSPS) is 13.1. The van der Waals surface area contributed by atoms with E-state index in [0.29, 0.717) is 0 Å². The minimum absolute atomic E-state index is 0.911. The third-order valence-corrected chi connectivity index (χ3v) is 5.83. The molecular formula is C26H26N4. The molecule has 0 bridgehead atoms. The van der Waals surface area contributed by atoms with E-state index >= 15 is 0 Å². The number of nitrogens with zero attached hydrogens (tertiary/aromatic N) is 1. The average molecular weight is 395 g/mol. The van der Waals surface area contributed by atoms with Crippen molar-refractivity contribution in [1.29, 1.82) is 0 Å². The van der Waals surface area contributed by atoms with E-state index in [-0.39, 0.29) is 0 Å². The van der Waals surface area contributed by atoms with Crippen molar-refractivity contribution in [3.05, 3.63) is 89.6 Å². The van der Waals surface area contributed by atoms with Gasteiger partial charge in [-0.05, 0) is 59.8 Å². The monoisotopic (exact) mass is 394 g/mol. The molecule has 4 heteroatoms. The fourth-order valence-electron chi connectivity index (χ4n) is 4.21. The zero-order chi connectivity index (χ0) is 20.3. The van der Waals surface area contributed by atoms with Gasteiger partial charge in [-0.1, -0.05) is 55.5 Å². The van der Waals surface area contributed by atoms with E-state index in [4.69, 9.17) is 4.98 Å². The van der Waals surface area contributed by atoms with Crippen LogP contribution < -0.4 is 10.6 Å². The zero-order valence-corrected chi connectivity index (χ0v) is 17.2. The average Bonchev–Trinajstić information content (AvgIpc) is 3.30. The standard InChI is InChI=1S/C26H26N4/c1-2-18-11-12-21(29-24-10-6-9-20-16-27-14-13-22(20)24)15-23(18)26-28-17-25(30-26)19-7-4-3-5-8-19/h3-12,15,17,27,29H,2,13-14,16H2,1H3,(H,28,30). The van der Waals surface area contributed by atoms with E-state index < -0.39 is 0 Å². The van der Waals surface area contributed by atoms with Gasteiger partial charge in [-0.25, -0.2) is 4.98 Å². The van der Waals surface area contributed by atoms with Crippen LogP contribution in [0.3, 0.4) is 0 Å². The molecule has 30 heavy (non-hydrogen) atoms. The predicted molar refractivity (Wildman–Crippen MR) is 124 cm³/mol. The van der Waals surface area contributed by atoms with Crippen molar-refractivity contribution in [1.82, 2.24) is 15.3 Å². The highest BCUT2D eigenvalue weighted by Crippen LogP contribution is 2.31. The maximum atomic E-state index is 4.70. The third-order valence-electron chi connectivity index (χ3n) is 5.83. The molecule has 0 amide bonds. The molecule has 0 unspecified atom stereocenters. The molecule has 0 radical (unpaired) electrons. The van der Waals surface area contributed by atoms with Crippen LogP contribution in [0.2, 0.25) is 0 Å². The summed E-state index contributed by atoms with van der Waals surface area (Å²) in [6.07, 6.45) is 3.94. The van der Waals surface area contributed by atoms with Gasteiger partial charge in [0.05, 0.1) is 11.9 Å². The van der Waals surface area contributed by atoms with Crippen LogP contribution in [0.4, 0.5) is 11.4 Å². The lowest BCUT2D eigenvalue weighted by Crippen LogP contribution is -2.24. The van der Waals surface area contributed by atoms with Crippen molar-refractivity contribution in [2.45, 2.75) is 26.3 Å². The Kier molecular flexibility index (Phi) is 5.08. The highest BCUT2D eigenvalue weighted by atomic mass is 14.9. The Balaban J connectivity index is 1.49. The van der Waals surface area contributed by atoms with Gasteiger partial charge >= 0.3 is 0 Å². The van der Waals surface area contributed by atoms with Crippen molar-refractivity contribution >= 4 is 11.4 Å². The summed E-state index contributed by atoms with van der Waals surface area (Å²) >= 11 is 0. The number of anilines is 2. The number of imidazole rings is 1. The van der Waals surface area contributed by atoms with E-state index in [1.54, 1.807) is 0 Å². The molecule has 0 aliphatic carbocycles. The highest BCUT2D eigenvalue weighted by molar-refractivity contribution is 5.73. The first-order valence-corrected chi connectivity index (χ1v) is 10.6. The Labute approximate surface area is 177 Å². The minimum Gasteiger partial charge on any atom is -0.355 e. The molecule has 3 N–H and O–H groups in total. The number of H-pyrrole nitrogens is 1. The number of rotatable bonds is 5. The van der Waals surface area contributed by atoms with Gasteiger partial charge in [0.15, 0.2) is 0 Å². The Morgan fingerprint density at radius 1 is 1.00 bits per heavy atom. The molecule has 0 fully saturated rings. The number of aromatic amines is 1. The smallest absolute Gasteiger partial charge is 0.138 e. The fourth-order valence-corrected chi connectivity index (χ4v) is 4.21. The van der Waals surface area contributed by atoms with Crippen LogP contribution in [-0.4, -0.2) is 16.5 Å². The fraction of sp³-hybridized carbons (Fsp3) is 0.192. The van der Waals surface area contributed by atoms with Gasteiger partial charge in [0.1, 0.15) is 5.82 Å². The van der Waals surface area contributed by atoms with Gasteiger partial charge < -0.3 is 15.6 Å².